The van der Waals surface area contributed by atoms with Crippen molar-refractivity contribution in [2.75, 3.05) is 13.1 Å². The average Bonchev–Trinajstić information content (AvgIpc) is 2.47. The summed E-state index contributed by atoms with van der Waals surface area (Å²) < 4.78 is 38.8. The molecule has 0 amide bonds. The molecule has 0 spiro atoms. The first-order valence-corrected chi connectivity index (χ1v) is 7.29. The Bertz CT molecular complexity index is 493. The van der Waals surface area contributed by atoms with Crippen molar-refractivity contribution in [2.45, 2.75) is 32.4 Å². The van der Waals surface area contributed by atoms with Crippen molar-refractivity contribution in [3.63, 3.8) is 0 Å². The fourth-order valence-corrected chi connectivity index (χ4v) is 2.91. The molecule has 1 fully saturated rings. The first-order valence-electron chi connectivity index (χ1n) is 7.29. The lowest BCUT2D eigenvalue weighted by molar-refractivity contribution is -0.137. The van der Waals surface area contributed by atoms with Crippen molar-refractivity contribution in [3.8, 4) is 0 Å². The summed E-state index contributed by atoms with van der Waals surface area (Å²) in [6.07, 6.45) is -2.23. The molecule has 1 aromatic carbocycles. The Morgan fingerprint density at radius 3 is 2.71 bits per heavy atom. The number of halogens is 3. The van der Waals surface area contributed by atoms with Gasteiger partial charge >= 0.3 is 6.18 Å². The van der Waals surface area contributed by atoms with E-state index in [0.29, 0.717) is 5.92 Å². The van der Waals surface area contributed by atoms with Crippen LogP contribution in [0.4, 0.5) is 13.2 Å². The van der Waals surface area contributed by atoms with E-state index in [1.807, 2.05) is 6.92 Å². The van der Waals surface area contributed by atoms with Crippen molar-refractivity contribution in [2.24, 2.45) is 11.8 Å². The quantitative estimate of drug-likeness (QED) is 0.854. The minimum atomic E-state index is -4.48. The lowest BCUT2D eigenvalue weighted by atomic mass is 9.83. The van der Waals surface area contributed by atoms with Gasteiger partial charge in [-0.3, -0.25) is 4.79 Å². The highest BCUT2D eigenvalue weighted by Gasteiger charge is 2.35. The number of ketones is 1. The molecule has 0 saturated carbocycles. The Morgan fingerprint density at radius 1 is 1.38 bits per heavy atom. The molecule has 1 heterocycles. The Morgan fingerprint density at radius 2 is 2.10 bits per heavy atom. The largest absolute Gasteiger partial charge is 0.417 e. The number of hydrogen-bond acceptors (Lipinski definition) is 2. The lowest BCUT2D eigenvalue weighted by Crippen LogP contribution is -2.34. The number of hydrogen-bond donors (Lipinski definition) is 1. The average molecular weight is 299 g/mol. The summed E-state index contributed by atoms with van der Waals surface area (Å²) in [6, 6.07) is 5.04. The van der Waals surface area contributed by atoms with Gasteiger partial charge in [0.15, 0.2) is 5.78 Å². The molecule has 116 valence electrons. The maximum Gasteiger partial charge on any atom is 0.417 e. The fraction of sp³-hybridized carbons (Fsp3) is 0.562. The van der Waals surface area contributed by atoms with Crippen LogP contribution < -0.4 is 5.32 Å². The maximum atomic E-state index is 12.9. The number of piperidine rings is 1. The monoisotopic (exact) mass is 299 g/mol. The van der Waals surface area contributed by atoms with Crippen molar-refractivity contribution >= 4 is 5.78 Å². The third-order valence-corrected chi connectivity index (χ3v) is 4.18. The molecule has 5 heteroatoms. The first kappa shape index (κ1) is 16.0. The van der Waals surface area contributed by atoms with Gasteiger partial charge in [0.1, 0.15) is 0 Å². The van der Waals surface area contributed by atoms with Crippen LogP contribution in [0.1, 0.15) is 42.1 Å². The molecule has 0 bridgehead atoms. The Labute approximate surface area is 122 Å². The normalized spacial score (nSPS) is 21.0. The summed E-state index contributed by atoms with van der Waals surface area (Å²) in [5, 5.41) is 3.27. The predicted octanol–water partition coefficient (Wildman–Crippen LogP) is 3.91. The summed E-state index contributed by atoms with van der Waals surface area (Å²) in [5.74, 6) is 0.0355. The molecule has 0 aromatic heterocycles. The zero-order chi connectivity index (χ0) is 15.5. The molecular weight excluding hydrogens is 279 g/mol. The number of carbonyl (C=O) groups excluding carboxylic acids is 1. The molecule has 2 rings (SSSR count). The Kier molecular flexibility index (Phi) is 5.04. The Hall–Kier alpha value is -1.36. The minimum absolute atomic E-state index is 0.0894. The van der Waals surface area contributed by atoms with Gasteiger partial charge in [-0.1, -0.05) is 25.1 Å². The van der Waals surface area contributed by atoms with Gasteiger partial charge in [-0.2, -0.15) is 13.2 Å². The molecule has 1 aliphatic rings. The molecule has 1 saturated heterocycles. The fourth-order valence-electron chi connectivity index (χ4n) is 2.91. The van der Waals surface area contributed by atoms with E-state index in [-0.39, 0.29) is 17.9 Å². The number of nitrogens with one attached hydrogen (secondary N) is 1. The van der Waals surface area contributed by atoms with E-state index < -0.39 is 17.5 Å². The molecule has 1 aromatic rings. The Balaban J connectivity index is 2.10. The van der Waals surface area contributed by atoms with Gasteiger partial charge in [0.25, 0.3) is 0 Å². The number of rotatable bonds is 4. The van der Waals surface area contributed by atoms with E-state index in [1.54, 1.807) is 0 Å². The summed E-state index contributed by atoms with van der Waals surface area (Å²) >= 11 is 0. The smallest absolute Gasteiger partial charge is 0.316 e. The van der Waals surface area contributed by atoms with Gasteiger partial charge in [0, 0.05) is 12.0 Å². The predicted molar refractivity (Wildman–Crippen MR) is 75.1 cm³/mol. The van der Waals surface area contributed by atoms with Crippen LogP contribution >= 0.6 is 0 Å². The highest BCUT2D eigenvalue weighted by molar-refractivity contribution is 5.97. The third kappa shape index (κ3) is 4.06. The van der Waals surface area contributed by atoms with Crippen LogP contribution in [0, 0.1) is 11.8 Å². The molecule has 0 aliphatic carbocycles. The second-order valence-corrected chi connectivity index (χ2v) is 5.75. The van der Waals surface area contributed by atoms with Crippen molar-refractivity contribution in [1.29, 1.82) is 0 Å². The molecule has 2 unspecified atom stereocenters. The van der Waals surface area contributed by atoms with Crippen LogP contribution in [0.5, 0.6) is 0 Å². The number of benzene rings is 1. The molecular formula is C16H20F3NO. The highest BCUT2D eigenvalue weighted by atomic mass is 19.4. The van der Waals surface area contributed by atoms with Crippen LogP contribution in [0.25, 0.3) is 0 Å². The van der Waals surface area contributed by atoms with E-state index in [0.717, 1.165) is 32.0 Å². The number of alkyl halides is 3. The van der Waals surface area contributed by atoms with Gasteiger partial charge < -0.3 is 5.32 Å². The van der Waals surface area contributed by atoms with E-state index in [1.165, 1.54) is 18.2 Å². The number of Topliss-reactive ketones (excluding diaryl/α,β-unsaturated/α-hetero) is 1. The molecule has 21 heavy (non-hydrogen) atoms. The van der Waals surface area contributed by atoms with Crippen molar-refractivity contribution < 1.29 is 18.0 Å². The molecule has 1 aliphatic heterocycles. The SMILES string of the molecule is CC(CC(=O)c1ccccc1C(F)(F)F)C1CCCNC1. The van der Waals surface area contributed by atoms with Crippen molar-refractivity contribution in [3.05, 3.63) is 35.4 Å². The van der Waals surface area contributed by atoms with Gasteiger partial charge in [-0.05, 0) is 43.8 Å². The second-order valence-electron chi connectivity index (χ2n) is 5.75. The topological polar surface area (TPSA) is 29.1 Å². The van der Waals surface area contributed by atoms with Gasteiger partial charge in [0.2, 0.25) is 0 Å². The maximum absolute atomic E-state index is 12.9. The zero-order valence-electron chi connectivity index (χ0n) is 12.0. The van der Waals surface area contributed by atoms with Gasteiger partial charge in [-0.25, -0.2) is 0 Å². The second kappa shape index (κ2) is 6.60. The summed E-state index contributed by atoms with van der Waals surface area (Å²) in [7, 11) is 0. The third-order valence-electron chi connectivity index (χ3n) is 4.18. The summed E-state index contributed by atoms with van der Waals surface area (Å²) in [4.78, 5) is 12.2. The molecule has 2 nitrogen and oxygen atoms in total. The molecule has 2 atom stereocenters. The summed E-state index contributed by atoms with van der Waals surface area (Å²) in [6.45, 7) is 3.77. The van der Waals surface area contributed by atoms with Crippen LogP contribution in [0.2, 0.25) is 0 Å². The summed E-state index contributed by atoms with van der Waals surface area (Å²) in [5.41, 5.74) is -1.04. The van der Waals surface area contributed by atoms with Gasteiger partial charge in [-0.15, -0.1) is 0 Å². The van der Waals surface area contributed by atoms with E-state index >= 15 is 0 Å². The van der Waals surface area contributed by atoms with Crippen molar-refractivity contribution in [1.82, 2.24) is 5.32 Å². The zero-order valence-corrected chi connectivity index (χ0v) is 12.0. The number of carbonyl (C=O) groups is 1. The van der Waals surface area contributed by atoms with E-state index in [4.69, 9.17) is 0 Å². The molecule has 1 N–H and O–H groups in total. The van der Waals surface area contributed by atoms with Crippen LogP contribution in [-0.4, -0.2) is 18.9 Å². The van der Waals surface area contributed by atoms with E-state index in [2.05, 4.69) is 5.32 Å². The minimum Gasteiger partial charge on any atom is -0.316 e. The standard InChI is InChI=1S/C16H20F3NO/c1-11(12-5-4-8-20-10-12)9-15(21)13-6-2-3-7-14(13)16(17,18)19/h2-3,6-7,11-12,20H,4-5,8-10H2,1H3. The van der Waals surface area contributed by atoms with Gasteiger partial charge in [0.05, 0.1) is 5.56 Å². The van der Waals surface area contributed by atoms with Crippen LogP contribution in [0.3, 0.4) is 0 Å². The van der Waals surface area contributed by atoms with Crippen LogP contribution in [-0.2, 0) is 6.18 Å². The van der Waals surface area contributed by atoms with Crippen LogP contribution in [0.15, 0.2) is 24.3 Å². The molecule has 0 radical (unpaired) electrons. The lowest BCUT2D eigenvalue weighted by Gasteiger charge is -2.28. The van der Waals surface area contributed by atoms with E-state index in [9.17, 15) is 18.0 Å². The highest BCUT2D eigenvalue weighted by Crippen LogP contribution is 2.33. The first-order chi connectivity index (χ1) is 9.89.